The zero-order valence-electron chi connectivity index (χ0n) is 16.7. The van der Waals surface area contributed by atoms with Gasteiger partial charge < -0.3 is 10.2 Å². The molecule has 158 valence electrons. The van der Waals surface area contributed by atoms with Crippen LogP contribution in [0.25, 0.3) is 0 Å². The molecule has 0 aliphatic carbocycles. The smallest absolute Gasteiger partial charge is 0.264 e. The van der Waals surface area contributed by atoms with E-state index in [-0.39, 0.29) is 22.7 Å². The lowest BCUT2D eigenvalue weighted by molar-refractivity contribution is -0.121. The topological polar surface area (TPSA) is 128 Å². The average Bonchev–Trinajstić information content (AvgIpc) is 2.72. The Morgan fingerprint density at radius 2 is 2.07 bits per heavy atom. The summed E-state index contributed by atoms with van der Waals surface area (Å²) in [6.07, 6.45) is 3.63. The molecular weight excluding hydrogens is 404 g/mol. The SMILES string of the molecule is Cc1ccnc(NS(=O)(=O)c2ccc(NC(=O)C3CCCN(CCC#N)C3)cc2)n1. The number of nitriles is 1. The zero-order chi connectivity index (χ0) is 21.6. The maximum Gasteiger partial charge on any atom is 0.264 e. The lowest BCUT2D eigenvalue weighted by atomic mass is 9.97. The number of anilines is 2. The van der Waals surface area contributed by atoms with E-state index >= 15 is 0 Å². The first-order valence-electron chi connectivity index (χ1n) is 9.70. The number of likely N-dealkylation sites (tertiary alicyclic amines) is 1. The third kappa shape index (κ3) is 5.75. The number of nitrogens with one attached hydrogen (secondary N) is 2. The van der Waals surface area contributed by atoms with Gasteiger partial charge in [-0.25, -0.2) is 23.1 Å². The van der Waals surface area contributed by atoms with E-state index in [1.165, 1.54) is 18.3 Å². The van der Waals surface area contributed by atoms with Crippen LogP contribution in [0.1, 0.15) is 25.0 Å². The molecular formula is C20H24N6O3S. The molecule has 3 rings (SSSR count). The summed E-state index contributed by atoms with van der Waals surface area (Å²) >= 11 is 0. The van der Waals surface area contributed by atoms with Crippen molar-refractivity contribution in [2.45, 2.75) is 31.1 Å². The summed E-state index contributed by atoms with van der Waals surface area (Å²) in [5, 5.41) is 11.6. The summed E-state index contributed by atoms with van der Waals surface area (Å²) in [5.74, 6) is -0.245. The standard InChI is InChI=1S/C20H24N6O3S/c1-15-9-11-22-20(23-15)25-30(28,29)18-7-5-17(6-8-18)24-19(27)16-4-2-12-26(14-16)13-3-10-21/h5-9,11,16H,2-4,12-14H2,1H3,(H,24,27)(H,22,23,25). The normalized spacial score (nSPS) is 17.1. The van der Waals surface area contributed by atoms with E-state index in [0.717, 1.165) is 19.4 Å². The number of rotatable bonds is 7. The molecule has 2 aromatic rings. The largest absolute Gasteiger partial charge is 0.326 e. The third-order valence-electron chi connectivity index (χ3n) is 4.87. The fourth-order valence-electron chi connectivity index (χ4n) is 3.32. The molecule has 0 saturated carbocycles. The van der Waals surface area contributed by atoms with Crippen LogP contribution in [-0.2, 0) is 14.8 Å². The second-order valence-corrected chi connectivity index (χ2v) is 8.87. The Morgan fingerprint density at radius 1 is 1.30 bits per heavy atom. The van der Waals surface area contributed by atoms with Gasteiger partial charge in [-0.05, 0) is 56.6 Å². The quantitative estimate of drug-likeness (QED) is 0.691. The van der Waals surface area contributed by atoms with E-state index < -0.39 is 10.0 Å². The van der Waals surface area contributed by atoms with E-state index in [4.69, 9.17) is 5.26 Å². The Labute approximate surface area is 176 Å². The number of hydrogen-bond donors (Lipinski definition) is 2. The number of aryl methyl sites for hydroxylation is 1. The van der Waals surface area contributed by atoms with Crippen LogP contribution in [0, 0.1) is 24.2 Å². The zero-order valence-corrected chi connectivity index (χ0v) is 17.5. The van der Waals surface area contributed by atoms with E-state index in [2.05, 4.69) is 31.0 Å². The number of aromatic nitrogens is 2. The Balaban J connectivity index is 1.61. The van der Waals surface area contributed by atoms with Crippen LogP contribution in [0.2, 0.25) is 0 Å². The molecule has 1 aromatic heterocycles. The Bertz CT molecular complexity index is 1030. The number of sulfonamides is 1. The molecule has 1 unspecified atom stereocenters. The molecule has 10 heteroatoms. The summed E-state index contributed by atoms with van der Waals surface area (Å²) in [5.41, 5.74) is 1.18. The molecule has 1 aliphatic rings. The number of piperidine rings is 1. The third-order valence-corrected chi connectivity index (χ3v) is 6.21. The van der Waals surface area contributed by atoms with Gasteiger partial charge >= 0.3 is 0 Å². The van der Waals surface area contributed by atoms with Crippen LogP contribution in [0.5, 0.6) is 0 Å². The summed E-state index contributed by atoms with van der Waals surface area (Å²) in [6, 6.07) is 9.76. The van der Waals surface area contributed by atoms with Crippen molar-refractivity contribution in [1.29, 1.82) is 5.26 Å². The van der Waals surface area contributed by atoms with Crippen molar-refractivity contribution in [3.8, 4) is 6.07 Å². The molecule has 1 fully saturated rings. The van der Waals surface area contributed by atoms with Crippen LogP contribution < -0.4 is 10.0 Å². The van der Waals surface area contributed by atoms with Crippen LogP contribution in [0.4, 0.5) is 11.6 Å². The first kappa shape index (κ1) is 21.7. The fraction of sp³-hybridized carbons (Fsp3) is 0.400. The van der Waals surface area contributed by atoms with Crippen LogP contribution >= 0.6 is 0 Å². The van der Waals surface area contributed by atoms with Gasteiger partial charge in [-0.2, -0.15) is 5.26 Å². The first-order valence-corrected chi connectivity index (χ1v) is 11.2. The molecule has 30 heavy (non-hydrogen) atoms. The van der Waals surface area contributed by atoms with Crippen molar-refractivity contribution in [2.24, 2.45) is 5.92 Å². The van der Waals surface area contributed by atoms with Gasteiger partial charge in [0.1, 0.15) is 0 Å². The van der Waals surface area contributed by atoms with Gasteiger partial charge in [-0.1, -0.05) is 0 Å². The molecule has 0 bridgehead atoms. The molecule has 1 saturated heterocycles. The highest BCUT2D eigenvalue weighted by Gasteiger charge is 2.25. The van der Waals surface area contributed by atoms with Crippen LogP contribution in [0.3, 0.4) is 0 Å². The van der Waals surface area contributed by atoms with Gasteiger partial charge in [-0.15, -0.1) is 0 Å². The second-order valence-electron chi connectivity index (χ2n) is 7.19. The van der Waals surface area contributed by atoms with Gasteiger partial charge in [-0.3, -0.25) is 4.79 Å². The Hall–Kier alpha value is -3.03. The Morgan fingerprint density at radius 3 is 2.77 bits per heavy atom. The summed E-state index contributed by atoms with van der Waals surface area (Å²) in [4.78, 5) is 22.7. The number of amides is 1. The molecule has 1 aliphatic heterocycles. The van der Waals surface area contributed by atoms with E-state index in [9.17, 15) is 13.2 Å². The van der Waals surface area contributed by atoms with E-state index in [1.807, 2.05) is 0 Å². The monoisotopic (exact) mass is 428 g/mol. The van der Waals surface area contributed by atoms with Crippen molar-refractivity contribution < 1.29 is 13.2 Å². The lowest BCUT2D eigenvalue weighted by Crippen LogP contribution is -2.41. The molecule has 2 heterocycles. The molecule has 2 N–H and O–H groups in total. The maximum atomic E-state index is 12.6. The number of hydrogen-bond acceptors (Lipinski definition) is 7. The lowest BCUT2D eigenvalue weighted by Gasteiger charge is -2.31. The molecule has 1 atom stereocenters. The van der Waals surface area contributed by atoms with Gasteiger partial charge in [0, 0.05) is 37.1 Å². The van der Waals surface area contributed by atoms with Gasteiger partial charge in [0.2, 0.25) is 11.9 Å². The molecule has 1 aromatic carbocycles. The van der Waals surface area contributed by atoms with Crippen LogP contribution in [-0.4, -0.2) is 48.8 Å². The van der Waals surface area contributed by atoms with E-state index in [1.54, 1.807) is 25.1 Å². The minimum absolute atomic E-state index is 0.00521. The highest BCUT2D eigenvalue weighted by molar-refractivity contribution is 7.92. The fourth-order valence-corrected chi connectivity index (χ4v) is 4.27. The average molecular weight is 429 g/mol. The summed E-state index contributed by atoms with van der Waals surface area (Å²) in [6.45, 7) is 3.94. The highest BCUT2D eigenvalue weighted by atomic mass is 32.2. The van der Waals surface area contributed by atoms with Crippen molar-refractivity contribution in [1.82, 2.24) is 14.9 Å². The number of benzene rings is 1. The van der Waals surface area contributed by atoms with Crippen molar-refractivity contribution in [2.75, 3.05) is 29.7 Å². The molecule has 0 spiro atoms. The van der Waals surface area contributed by atoms with Crippen molar-refractivity contribution in [3.63, 3.8) is 0 Å². The molecule has 0 radical (unpaired) electrons. The highest BCUT2D eigenvalue weighted by Crippen LogP contribution is 2.21. The van der Waals surface area contributed by atoms with Crippen molar-refractivity contribution in [3.05, 3.63) is 42.2 Å². The predicted molar refractivity (Wildman–Crippen MR) is 112 cm³/mol. The minimum Gasteiger partial charge on any atom is -0.326 e. The van der Waals surface area contributed by atoms with Crippen LogP contribution in [0.15, 0.2) is 41.4 Å². The number of carbonyl (C=O) groups is 1. The molecule has 9 nitrogen and oxygen atoms in total. The first-order chi connectivity index (χ1) is 14.4. The van der Waals surface area contributed by atoms with Crippen molar-refractivity contribution >= 4 is 27.6 Å². The number of nitrogens with zero attached hydrogens (tertiary/aromatic N) is 4. The number of carbonyl (C=O) groups excluding carboxylic acids is 1. The summed E-state index contributed by atoms with van der Waals surface area (Å²) < 4.78 is 27.4. The second kappa shape index (κ2) is 9.65. The molecule has 1 amide bonds. The minimum atomic E-state index is -3.83. The van der Waals surface area contributed by atoms with E-state index in [0.29, 0.717) is 30.9 Å². The maximum absolute atomic E-state index is 12.6. The van der Waals surface area contributed by atoms with Gasteiger partial charge in [0.05, 0.1) is 16.9 Å². The van der Waals surface area contributed by atoms with Gasteiger partial charge in [0.25, 0.3) is 10.0 Å². The Kier molecular flexibility index (Phi) is 6.97. The van der Waals surface area contributed by atoms with Gasteiger partial charge in [0.15, 0.2) is 0 Å². The predicted octanol–water partition coefficient (Wildman–Crippen LogP) is 2.15. The summed E-state index contributed by atoms with van der Waals surface area (Å²) in [7, 11) is -3.83.